The van der Waals surface area contributed by atoms with E-state index in [2.05, 4.69) is 11.4 Å². The molecule has 0 spiro atoms. The normalized spacial score (nSPS) is 10.7. The van der Waals surface area contributed by atoms with E-state index < -0.39 is 5.54 Å². The van der Waals surface area contributed by atoms with Gasteiger partial charge in [0.05, 0.1) is 13.2 Å². The maximum Gasteiger partial charge on any atom is 0.221 e. The summed E-state index contributed by atoms with van der Waals surface area (Å²) >= 11 is 0. The molecule has 1 N–H and O–H groups in total. The Balaban J connectivity index is 2.52. The molecule has 0 aromatic heterocycles. The zero-order valence-corrected chi connectivity index (χ0v) is 12.4. The van der Waals surface area contributed by atoms with E-state index in [0.29, 0.717) is 25.7 Å². The van der Waals surface area contributed by atoms with Gasteiger partial charge in [-0.25, -0.2) is 0 Å². The zero-order valence-electron chi connectivity index (χ0n) is 12.4. The highest BCUT2D eigenvalue weighted by Gasteiger charge is 2.27. The third-order valence-electron chi connectivity index (χ3n) is 3.60. The number of nitrogens with zero attached hydrogens (tertiary/aromatic N) is 1. The van der Waals surface area contributed by atoms with Crippen molar-refractivity contribution in [3.8, 4) is 11.8 Å². The number of aryl methyl sites for hydroxylation is 1. The molecule has 4 nitrogen and oxygen atoms in total. The molecule has 0 aliphatic heterocycles. The first kappa shape index (κ1) is 16.0. The Morgan fingerprint density at radius 3 is 2.35 bits per heavy atom. The Kier molecular flexibility index (Phi) is 6.05. The van der Waals surface area contributed by atoms with Crippen LogP contribution in [0.1, 0.15) is 38.7 Å². The number of nitriles is 1. The largest absolute Gasteiger partial charge is 0.497 e. The van der Waals surface area contributed by atoms with Crippen LogP contribution in [0.2, 0.25) is 0 Å². The van der Waals surface area contributed by atoms with E-state index in [1.807, 2.05) is 38.1 Å². The molecule has 108 valence electrons. The van der Waals surface area contributed by atoms with Crippen LogP contribution >= 0.6 is 0 Å². The number of amides is 1. The van der Waals surface area contributed by atoms with Crippen LogP contribution in [-0.2, 0) is 11.2 Å². The molecule has 0 radical (unpaired) electrons. The lowest BCUT2D eigenvalue weighted by atomic mass is 9.94. The zero-order chi connectivity index (χ0) is 15.0. The monoisotopic (exact) mass is 274 g/mol. The van der Waals surface area contributed by atoms with E-state index in [0.717, 1.165) is 11.3 Å². The van der Waals surface area contributed by atoms with Gasteiger partial charge < -0.3 is 10.1 Å². The van der Waals surface area contributed by atoms with Gasteiger partial charge in [-0.15, -0.1) is 0 Å². The summed E-state index contributed by atoms with van der Waals surface area (Å²) in [4.78, 5) is 11.9. The van der Waals surface area contributed by atoms with E-state index in [1.54, 1.807) is 7.11 Å². The molecule has 0 saturated heterocycles. The third-order valence-corrected chi connectivity index (χ3v) is 3.60. The van der Waals surface area contributed by atoms with E-state index in [9.17, 15) is 10.1 Å². The van der Waals surface area contributed by atoms with Gasteiger partial charge in [-0.1, -0.05) is 26.0 Å². The number of carbonyl (C=O) groups is 1. The molecule has 0 aliphatic carbocycles. The second-order valence-electron chi connectivity index (χ2n) is 4.80. The molecule has 0 heterocycles. The number of methoxy groups -OCH3 is 1. The molecule has 1 aromatic rings. The first-order chi connectivity index (χ1) is 9.59. The van der Waals surface area contributed by atoms with E-state index in [4.69, 9.17) is 4.74 Å². The van der Waals surface area contributed by atoms with Crippen LogP contribution < -0.4 is 10.1 Å². The Morgan fingerprint density at radius 1 is 1.30 bits per heavy atom. The van der Waals surface area contributed by atoms with Crippen molar-refractivity contribution in [2.24, 2.45) is 0 Å². The predicted molar refractivity (Wildman–Crippen MR) is 78.4 cm³/mol. The fourth-order valence-corrected chi connectivity index (χ4v) is 1.99. The summed E-state index contributed by atoms with van der Waals surface area (Å²) < 4.78 is 5.09. The number of hydrogen-bond acceptors (Lipinski definition) is 3. The van der Waals surface area contributed by atoms with Crippen molar-refractivity contribution in [2.45, 2.75) is 45.1 Å². The molecule has 4 heteroatoms. The number of rotatable bonds is 7. The number of nitrogens with one attached hydrogen (secondary N) is 1. The Bertz CT molecular complexity index is 470. The van der Waals surface area contributed by atoms with Crippen LogP contribution in [0.25, 0.3) is 0 Å². The van der Waals surface area contributed by atoms with Crippen molar-refractivity contribution in [1.29, 1.82) is 5.26 Å². The molecule has 20 heavy (non-hydrogen) atoms. The third kappa shape index (κ3) is 4.27. The molecule has 0 atom stereocenters. The lowest BCUT2D eigenvalue weighted by molar-refractivity contribution is -0.122. The molecule has 0 bridgehead atoms. The summed E-state index contributed by atoms with van der Waals surface area (Å²) in [5.74, 6) is 0.727. The first-order valence-electron chi connectivity index (χ1n) is 6.94. The minimum Gasteiger partial charge on any atom is -0.497 e. The van der Waals surface area contributed by atoms with Gasteiger partial charge in [-0.2, -0.15) is 5.26 Å². The minimum atomic E-state index is -0.725. The molecular weight excluding hydrogens is 252 g/mol. The molecule has 1 rings (SSSR count). The van der Waals surface area contributed by atoms with Crippen molar-refractivity contribution in [3.63, 3.8) is 0 Å². The minimum absolute atomic E-state index is 0.0777. The molecule has 0 unspecified atom stereocenters. The highest BCUT2D eigenvalue weighted by Crippen LogP contribution is 2.15. The maximum atomic E-state index is 11.9. The van der Waals surface area contributed by atoms with Crippen LogP contribution in [0, 0.1) is 11.3 Å². The van der Waals surface area contributed by atoms with Crippen LogP contribution in [0.15, 0.2) is 24.3 Å². The second kappa shape index (κ2) is 7.54. The first-order valence-corrected chi connectivity index (χ1v) is 6.94. The highest BCUT2D eigenvalue weighted by atomic mass is 16.5. The summed E-state index contributed by atoms with van der Waals surface area (Å²) in [5.41, 5.74) is 0.355. The van der Waals surface area contributed by atoms with Gasteiger partial charge in [-0.3, -0.25) is 4.79 Å². The number of benzene rings is 1. The quantitative estimate of drug-likeness (QED) is 0.831. The number of ether oxygens (including phenoxy) is 1. The van der Waals surface area contributed by atoms with Crippen molar-refractivity contribution < 1.29 is 9.53 Å². The predicted octanol–water partition coefficient (Wildman–Crippen LogP) is 2.83. The fourth-order valence-electron chi connectivity index (χ4n) is 1.99. The van der Waals surface area contributed by atoms with Crippen LogP contribution in [0.4, 0.5) is 0 Å². The summed E-state index contributed by atoms with van der Waals surface area (Å²) in [6.07, 6.45) is 2.28. The van der Waals surface area contributed by atoms with Crippen molar-refractivity contribution >= 4 is 5.91 Å². The molecule has 0 saturated carbocycles. The van der Waals surface area contributed by atoms with Gasteiger partial charge in [-0.05, 0) is 37.0 Å². The lowest BCUT2D eigenvalue weighted by Crippen LogP contribution is -2.46. The highest BCUT2D eigenvalue weighted by molar-refractivity contribution is 5.77. The van der Waals surface area contributed by atoms with Crippen LogP contribution in [0.5, 0.6) is 5.75 Å². The fraction of sp³-hybridized carbons (Fsp3) is 0.500. The number of hydrogen-bond donors (Lipinski definition) is 1. The Labute approximate surface area is 120 Å². The van der Waals surface area contributed by atoms with Gasteiger partial charge >= 0.3 is 0 Å². The molecule has 0 fully saturated rings. The van der Waals surface area contributed by atoms with Gasteiger partial charge in [0.15, 0.2) is 0 Å². The van der Waals surface area contributed by atoms with E-state index >= 15 is 0 Å². The SMILES string of the molecule is CCC(C#N)(CC)NC(=O)CCc1ccc(OC)cc1. The average molecular weight is 274 g/mol. The maximum absolute atomic E-state index is 11.9. The molecule has 0 aliphatic rings. The van der Waals surface area contributed by atoms with Crippen molar-refractivity contribution in [3.05, 3.63) is 29.8 Å². The average Bonchev–Trinajstić information content (AvgIpc) is 2.51. The summed E-state index contributed by atoms with van der Waals surface area (Å²) in [6, 6.07) is 9.87. The Morgan fingerprint density at radius 2 is 1.90 bits per heavy atom. The topological polar surface area (TPSA) is 62.1 Å². The lowest BCUT2D eigenvalue weighted by Gasteiger charge is -2.24. The summed E-state index contributed by atoms with van der Waals surface area (Å²) in [7, 11) is 1.62. The van der Waals surface area contributed by atoms with Gasteiger partial charge in [0.1, 0.15) is 11.3 Å². The van der Waals surface area contributed by atoms with Crippen LogP contribution in [-0.4, -0.2) is 18.6 Å². The summed E-state index contributed by atoms with van der Waals surface area (Å²) in [6.45, 7) is 3.83. The van der Waals surface area contributed by atoms with Crippen LogP contribution in [0.3, 0.4) is 0 Å². The Hall–Kier alpha value is -2.02. The number of carbonyl (C=O) groups excluding carboxylic acids is 1. The molecule has 1 aromatic carbocycles. The van der Waals surface area contributed by atoms with Crippen molar-refractivity contribution in [1.82, 2.24) is 5.32 Å². The second-order valence-corrected chi connectivity index (χ2v) is 4.80. The van der Waals surface area contributed by atoms with Gasteiger partial charge in [0, 0.05) is 6.42 Å². The van der Waals surface area contributed by atoms with E-state index in [-0.39, 0.29) is 5.91 Å². The van der Waals surface area contributed by atoms with Crippen molar-refractivity contribution in [2.75, 3.05) is 7.11 Å². The van der Waals surface area contributed by atoms with Gasteiger partial charge in [0.25, 0.3) is 0 Å². The van der Waals surface area contributed by atoms with Gasteiger partial charge in [0.2, 0.25) is 5.91 Å². The summed E-state index contributed by atoms with van der Waals surface area (Å²) in [5, 5.41) is 12.0. The van der Waals surface area contributed by atoms with E-state index in [1.165, 1.54) is 0 Å². The smallest absolute Gasteiger partial charge is 0.221 e. The molecule has 1 amide bonds. The molecular formula is C16H22N2O2. The standard InChI is InChI=1S/C16H22N2O2/c1-4-16(5-2,12-17)18-15(19)11-8-13-6-9-14(20-3)10-7-13/h6-7,9-10H,4-5,8,11H2,1-3H3,(H,18,19).